The van der Waals surface area contributed by atoms with Crippen LogP contribution in [0.15, 0.2) is 35.8 Å². The Hall–Kier alpha value is -3.90. The third kappa shape index (κ3) is 7.61. The maximum atomic E-state index is 13.0. The van der Waals surface area contributed by atoms with E-state index in [-0.39, 0.29) is 5.69 Å². The number of nitrogens with two attached hydrogens (primary N) is 2. The number of hydrogen-bond acceptors (Lipinski definition) is 5. The number of carboxylic acids is 1. The van der Waals surface area contributed by atoms with Gasteiger partial charge in [0.05, 0.1) is 24.2 Å². The zero-order chi connectivity index (χ0) is 23.1. The minimum absolute atomic E-state index is 0.336. The maximum absolute atomic E-state index is 13.0. The zero-order valence-electron chi connectivity index (χ0n) is 15.3. The third-order valence-electron chi connectivity index (χ3n) is 3.43. The lowest BCUT2D eigenvalue weighted by molar-refractivity contribution is -0.139. The fourth-order valence-electron chi connectivity index (χ4n) is 2.17. The first-order valence-corrected chi connectivity index (χ1v) is 8.11. The Kier molecular flexibility index (Phi) is 8.08. The number of carbonyl (C=O) groups excluding carboxylic acids is 3. The van der Waals surface area contributed by atoms with Crippen molar-refractivity contribution < 1.29 is 37.5 Å². The van der Waals surface area contributed by atoms with Gasteiger partial charge in [-0.05, 0) is 24.3 Å². The molecule has 0 aromatic heterocycles. The van der Waals surface area contributed by atoms with E-state index in [9.17, 15) is 32.3 Å². The first kappa shape index (κ1) is 24.1. The summed E-state index contributed by atoms with van der Waals surface area (Å²) in [6.45, 7) is 2.44. The van der Waals surface area contributed by atoms with E-state index in [1.165, 1.54) is 0 Å². The maximum Gasteiger partial charge on any atom is 0.416 e. The highest BCUT2D eigenvalue weighted by Crippen LogP contribution is 2.32. The van der Waals surface area contributed by atoms with Crippen molar-refractivity contribution in [1.29, 1.82) is 0 Å². The van der Waals surface area contributed by atoms with Crippen LogP contribution in [-0.4, -0.2) is 47.2 Å². The van der Waals surface area contributed by atoms with E-state index in [2.05, 4.69) is 22.2 Å². The van der Waals surface area contributed by atoms with Crippen molar-refractivity contribution in [2.75, 3.05) is 6.54 Å². The van der Waals surface area contributed by atoms with E-state index in [4.69, 9.17) is 16.6 Å². The molecule has 0 bridgehead atoms. The summed E-state index contributed by atoms with van der Waals surface area (Å²) in [5.74, 6) is -4.67. The van der Waals surface area contributed by atoms with E-state index in [0.717, 1.165) is 12.1 Å². The van der Waals surface area contributed by atoms with Crippen LogP contribution in [0.5, 0.6) is 0 Å². The fourth-order valence-corrected chi connectivity index (χ4v) is 2.17. The first-order valence-electron chi connectivity index (χ1n) is 8.11. The molecule has 1 rings (SSSR count). The molecule has 1 atom stereocenters. The number of carboxylic acid groups (broad SMARTS) is 1. The van der Waals surface area contributed by atoms with E-state index in [0.29, 0.717) is 12.1 Å². The Morgan fingerprint density at radius 1 is 1.20 bits per heavy atom. The highest BCUT2D eigenvalue weighted by molar-refractivity contribution is 6.00. The molecule has 0 saturated heterocycles. The Morgan fingerprint density at radius 2 is 1.83 bits per heavy atom. The summed E-state index contributed by atoms with van der Waals surface area (Å²) in [6.07, 6.45) is -4.70. The number of halogens is 3. The summed E-state index contributed by atoms with van der Waals surface area (Å²) >= 11 is 0. The second-order valence-electron chi connectivity index (χ2n) is 5.81. The van der Waals surface area contributed by atoms with Gasteiger partial charge in [0.15, 0.2) is 11.7 Å². The fraction of sp³-hybridized carbons (Fsp3) is 0.235. The number of guanidine groups is 1. The number of amides is 2. The molecular weight excluding hydrogens is 411 g/mol. The number of benzene rings is 1. The number of nitrogens with zero attached hydrogens (tertiary/aromatic N) is 1. The minimum Gasteiger partial charge on any atom is -0.481 e. The number of ketones is 1. The number of nitrogens with one attached hydrogen (secondary N) is 2. The second kappa shape index (κ2) is 10.0. The predicted octanol–water partition coefficient (Wildman–Crippen LogP) is 0.0547. The molecule has 1 aromatic carbocycles. The molecule has 0 aliphatic rings. The molecule has 0 aliphatic carbocycles. The van der Waals surface area contributed by atoms with Crippen LogP contribution in [0, 0.1) is 0 Å². The minimum atomic E-state index is -4.80. The Labute approximate surface area is 167 Å². The van der Waals surface area contributed by atoms with Crippen molar-refractivity contribution in [3.8, 4) is 0 Å². The Bertz CT molecular complexity index is 894. The van der Waals surface area contributed by atoms with Gasteiger partial charge in [-0.3, -0.25) is 19.2 Å². The zero-order valence-corrected chi connectivity index (χ0v) is 15.3. The highest BCUT2D eigenvalue weighted by atomic mass is 19.4. The van der Waals surface area contributed by atoms with Crippen LogP contribution in [0.1, 0.15) is 22.3 Å². The standard InChI is InChI=1S/C17H18F3N5O5/c1-2-12(26)11(6-14(28)29)25-13(27)7-23-15(30)8-3-9(17(18,19)20)5-10(4-8)24-16(21)22/h2-5,11H,1,6-7H2,(H,23,30)(H,25,27)(H,28,29)(H4,21,22,24). The van der Waals surface area contributed by atoms with Gasteiger partial charge < -0.3 is 27.2 Å². The molecule has 7 N–H and O–H groups in total. The summed E-state index contributed by atoms with van der Waals surface area (Å²) in [7, 11) is 0. The van der Waals surface area contributed by atoms with Gasteiger partial charge in [0.2, 0.25) is 5.91 Å². The largest absolute Gasteiger partial charge is 0.481 e. The second-order valence-corrected chi connectivity index (χ2v) is 5.81. The number of hydrogen-bond donors (Lipinski definition) is 5. The van der Waals surface area contributed by atoms with Crippen LogP contribution in [0.3, 0.4) is 0 Å². The summed E-state index contributed by atoms with van der Waals surface area (Å²) in [4.78, 5) is 49.9. The summed E-state index contributed by atoms with van der Waals surface area (Å²) in [5, 5.41) is 12.9. The van der Waals surface area contributed by atoms with Crippen LogP contribution >= 0.6 is 0 Å². The van der Waals surface area contributed by atoms with Crippen molar-refractivity contribution in [3.05, 3.63) is 42.0 Å². The molecule has 2 amide bonds. The smallest absolute Gasteiger partial charge is 0.416 e. The van der Waals surface area contributed by atoms with Crippen LogP contribution in [0.4, 0.5) is 18.9 Å². The van der Waals surface area contributed by atoms with Gasteiger partial charge in [-0.2, -0.15) is 13.2 Å². The van der Waals surface area contributed by atoms with E-state index in [1.807, 2.05) is 0 Å². The molecule has 1 aromatic rings. The van der Waals surface area contributed by atoms with Crippen LogP contribution < -0.4 is 22.1 Å². The average molecular weight is 429 g/mol. The van der Waals surface area contributed by atoms with Gasteiger partial charge in [-0.25, -0.2) is 4.99 Å². The van der Waals surface area contributed by atoms with E-state index in [1.54, 1.807) is 0 Å². The lowest BCUT2D eigenvalue weighted by Crippen LogP contribution is -2.46. The monoisotopic (exact) mass is 429 g/mol. The first-order chi connectivity index (χ1) is 13.8. The molecule has 30 heavy (non-hydrogen) atoms. The Balaban J connectivity index is 2.95. The number of aliphatic carboxylic acids is 1. The van der Waals surface area contributed by atoms with Gasteiger partial charge in [-0.1, -0.05) is 6.58 Å². The summed E-state index contributed by atoms with van der Waals surface area (Å²) in [6, 6.07) is 0.719. The quantitative estimate of drug-likeness (QED) is 0.209. The molecule has 0 saturated carbocycles. The summed E-state index contributed by atoms with van der Waals surface area (Å²) in [5.41, 5.74) is 8.27. The average Bonchev–Trinajstić information content (AvgIpc) is 2.63. The molecule has 1 unspecified atom stereocenters. The molecule has 0 fully saturated rings. The topological polar surface area (TPSA) is 177 Å². The molecule has 0 spiro atoms. The molecule has 0 aliphatic heterocycles. The van der Waals surface area contributed by atoms with Crippen LogP contribution in [0.2, 0.25) is 0 Å². The Morgan fingerprint density at radius 3 is 2.33 bits per heavy atom. The lowest BCUT2D eigenvalue weighted by atomic mass is 10.1. The van der Waals surface area contributed by atoms with Gasteiger partial charge in [0, 0.05) is 5.56 Å². The normalized spacial score (nSPS) is 11.7. The van der Waals surface area contributed by atoms with Crippen molar-refractivity contribution in [3.63, 3.8) is 0 Å². The third-order valence-corrected chi connectivity index (χ3v) is 3.43. The van der Waals surface area contributed by atoms with Gasteiger partial charge in [-0.15, -0.1) is 0 Å². The molecule has 162 valence electrons. The van der Waals surface area contributed by atoms with Gasteiger partial charge in [0.25, 0.3) is 5.91 Å². The number of rotatable bonds is 9. The lowest BCUT2D eigenvalue weighted by Gasteiger charge is -2.15. The van der Waals surface area contributed by atoms with Gasteiger partial charge in [0.1, 0.15) is 6.04 Å². The SMILES string of the molecule is C=CC(=O)C(CC(=O)O)NC(=O)CNC(=O)c1cc(N=C(N)N)cc(C(F)(F)F)c1. The van der Waals surface area contributed by atoms with E-state index < -0.39 is 65.8 Å². The van der Waals surface area contributed by atoms with Crippen molar-refractivity contribution in [1.82, 2.24) is 10.6 Å². The molecule has 0 heterocycles. The molecule has 13 heteroatoms. The number of aliphatic imine (C=N–C) groups is 1. The molecule has 0 radical (unpaired) electrons. The van der Waals surface area contributed by atoms with Crippen molar-refractivity contribution in [2.45, 2.75) is 18.6 Å². The van der Waals surface area contributed by atoms with Crippen LogP contribution in [0.25, 0.3) is 0 Å². The predicted molar refractivity (Wildman–Crippen MR) is 98.6 cm³/mol. The summed E-state index contributed by atoms with van der Waals surface area (Å²) < 4.78 is 39.1. The van der Waals surface area contributed by atoms with Crippen molar-refractivity contribution in [2.24, 2.45) is 16.5 Å². The highest BCUT2D eigenvalue weighted by Gasteiger charge is 2.32. The number of carbonyl (C=O) groups is 4. The number of alkyl halides is 3. The molecular formula is C17H18F3N5O5. The van der Waals surface area contributed by atoms with Crippen LogP contribution in [-0.2, 0) is 20.6 Å². The van der Waals surface area contributed by atoms with Gasteiger partial charge >= 0.3 is 12.1 Å². The van der Waals surface area contributed by atoms with E-state index >= 15 is 0 Å². The molecule has 10 nitrogen and oxygen atoms in total. The van der Waals surface area contributed by atoms with Crippen molar-refractivity contribution >= 4 is 35.2 Å².